The molecule has 17 heavy (non-hydrogen) atoms. The Morgan fingerprint density at radius 2 is 1.71 bits per heavy atom. The fourth-order valence-corrected chi connectivity index (χ4v) is 3.49. The van der Waals surface area contributed by atoms with E-state index in [9.17, 15) is 0 Å². The quantitative estimate of drug-likeness (QED) is 0.771. The maximum absolute atomic E-state index is 3.74. The summed E-state index contributed by atoms with van der Waals surface area (Å²) in [6.45, 7) is 11.0. The Hall–Kier alpha value is -0.0400. The molecular formula is C16H31N. The third-order valence-corrected chi connectivity index (χ3v) is 5.14. The highest BCUT2D eigenvalue weighted by molar-refractivity contribution is 4.88. The van der Waals surface area contributed by atoms with Gasteiger partial charge in [-0.25, -0.2) is 0 Å². The molecule has 2 rings (SSSR count). The SMILES string of the molecule is CCC1CC(C(C)(C)C)CCC1CNC1CC1. The fourth-order valence-electron chi connectivity index (χ4n) is 3.49. The van der Waals surface area contributed by atoms with E-state index in [0.717, 1.165) is 23.8 Å². The van der Waals surface area contributed by atoms with Crippen LogP contribution in [0.25, 0.3) is 0 Å². The molecule has 0 spiro atoms. The summed E-state index contributed by atoms with van der Waals surface area (Å²) < 4.78 is 0. The lowest BCUT2D eigenvalue weighted by Gasteiger charge is -2.42. The van der Waals surface area contributed by atoms with Crippen LogP contribution in [0.5, 0.6) is 0 Å². The van der Waals surface area contributed by atoms with Gasteiger partial charge in [0.25, 0.3) is 0 Å². The Labute approximate surface area is 108 Å². The molecule has 0 bridgehead atoms. The van der Waals surface area contributed by atoms with Crippen LogP contribution in [-0.4, -0.2) is 12.6 Å². The Balaban J connectivity index is 1.83. The molecule has 1 N–H and O–H groups in total. The van der Waals surface area contributed by atoms with Crippen molar-refractivity contribution in [3.8, 4) is 0 Å². The fraction of sp³-hybridized carbons (Fsp3) is 1.00. The minimum absolute atomic E-state index is 0.516. The number of nitrogens with one attached hydrogen (secondary N) is 1. The van der Waals surface area contributed by atoms with Gasteiger partial charge in [0.05, 0.1) is 0 Å². The van der Waals surface area contributed by atoms with Crippen LogP contribution in [-0.2, 0) is 0 Å². The predicted octanol–water partition coefficient (Wildman–Crippen LogP) is 4.23. The van der Waals surface area contributed by atoms with Crippen LogP contribution in [0.1, 0.15) is 66.2 Å². The Morgan fingerprint density at radius 1 is 1.00 bits per heavy atom. The van der Waals surface area contributed by atoms with E-state index in [4.69, 9.17) is 0 Å². The molecule has 2 fully saturated rings. The van der Waals surface area contributed by atoms with E-state index < -0.39 is 0 Å². The summed E-state index contributed by atoms with van der Waals surface area (Å²) in [7, 11) is 0. The topological polar surface area (TPSA) is 12.0 Å². The molecule has 0 aliphatic heterocycles. The first-order valence-electron chi connectivity index (χ1n) is 7.74. The standard InChI is InChI=1S/C16H31N/c1-5-12-10-14(16(2,3)4)7-6-13(12)11-17-15-8-9-15/h12-15,17H,5-11H2,1-4H3. The van der Waals surface area contributed by atoms with Crippen LogP contribution in [0.3, 0.4) is 0 Å². The van der Waals surface area contributed by atoms with Crippen molar-refractivity contribution in [1.29, 1.82) is 0 Å². The van der Waals surface area contributed by atoms with Gasteiger partial charge in [0.15, 0.2) is 0 Å². The summed E-state index contributed by atoms with van der Waals surface area (Å²) in [5, 5.41) is 3.74. The molecule has 2 aliphatic carbocycles. The van der Waals surface area contributed by atoms with Gasteiger partial charge in [-0.15, -0.1) is 0 Å². The smallest absolute Gasteiger partial charge is 0.00683 e. The van der Waals surface area contributed by atoms with Crippen molar-refractivity contribution in [3.05, 3.63) is 0 Å². The molecule has 0 aromatic rings. The van der Waals surface area contributed by atoms with Crippen molar-refractivity contribution < 1.29 is 0 Å². The van der Waals surface area contributed by atoms with Gasteiger partial charge in [-0.05, 0) is 61.8 Å². The van der Waals surface area contributed by atoms with E-state index in [1.807, 2.05) is 0 Å². The lowest BCUT2D eigenvalue weighted by molar-refractivity contribution is 0.0949. The number of hydrogen-bond donors (Lipinski definition) is 1. The summed E-state index contributed by atoms with van der Waals surface area (Å²) in [4.78, 5) is 0. The highest BCUT2D eigenvalue weighted by atomic mass is 14.9. The zero-order chi connectivity index (χ0) is 12.5. The molecule has 0 heterocycles. The van der Waals surface area contributed by atoms with Gasteiger partial charge in [-0.2, -0.15) is 0 Å². The molecule has 0 amide bonds. The average Bonchev–Trinajstić information content (AvgIpc) is 3.08. The van der Waals surface area contributed by atoms with Gasteiger partial charge in [0.1, 0.15) is 0 Å². The van der Waals surface area contributed by atoms with Crippen molar-refractivity contribution in [1.82, 2.24) is 5.32 Å². The summed E-state index contributed by atoms with van der Waals surface area (Å²) in [5.74, 6) is 2.88. The molecule has 3 unspecified atom stereocenters. The third-order valence-electron chi connectivity index (χ3n) is 5.14. The van der Waals surface area contributed by atoms with Crippen LogP contribution >= 0.6 is 0 Å². The second-order valence-corrected chi connectivity index (χ2v) is 7.49. The van der Waals surface area contributed by atoms with Gasteiger partial charge in [0, 0.05) is 6.04 Å². The van der Waals surface area contributed by atoms with Gasteiger partial charge in [-0.1, -0.05) is 34.1 Å². The van der Waals surface area contributed by atoms with Crippen molar-refractivity contribution in [2.24, 2.45) is 23.2 Å². The van der Waals surface area contributed by atoms with Crippen LogP contribution in [0.4, 0.5) is 0 Å². The van der Waals surface area contributed by atoms with E-state index >= 15 is 0 Å². The molecule has 0 aromatic heterocycles. The first-order valence-corrected chi connectivity index (χ1v) is 7.74. The highest BCUT2D eigenvalue weighted by Crippen LogP contribution is 2.43. The van der Waals surface area contributed by atoms with E-state index in [2.05, 4.69) is 33.0 Å². The molecule has 0 radical (unpaired) electrons. The Bertz CT molecular complexity index is 236. The zero-order valence-corrected chi connectivity index (χ0v) is 12.3. The van der Waals surface area contributed by atoms with Crippen LogP contribution in [0, 0.1) is 23.2 Å². The van der Waals surface area contributed by atoms with E-state index in [1.54, 1.807) is 0 Å². The largest absolute Gasteiger partial charge is 0.314 e. The molecule has 100 valence electrons. The highest BCUT2D eigenvalue weighted by Gasteiger charge is 2.35. The Morgan fingerprint density at radius 3 is 2.24 bits per heavy atom. The normalized spacial score (nSPS) is 34.9. The summed E-state index contributed by atoms with van der Waals surface area (Å²) in [5.41, 5.74) is 0.516. The van der Waals surface area contributed by atoms with E-state index in [0.29, 0.717) is 5.41 Å². The molecule has 3 atom stereocenters. The first-order chi connectivity index (χ1) is 8.00. The minimum Gasteiger partial charge on any atom is -0.314 e. The van der Waals surface area contributed by atoms with Crippen molar-refractivity contribution in [3.63, 3.8) is 0 Å². The van der Waals surface area contributed by atoms with Crippen LogP contribution in [0.2, 0.25) is 0 Å². The number of rotatable bonds is 4. The van der Waals surface area contributed by atoms with Crippen LogP contribution < -0.4 is 5.32 Å². The maximum atomic E-state index is 3.74. The van der Waals surface area contributed by atoms with Gasteiger partial charge in [0.2, 0.25) is 0 Å². The second kappa shape index (κ2) is 5.30. The lowest BCUT2D eigenvalue weighted by Crippen LogP contribution is -2.37. The summed E-state index contributed by atoms with van der Waals surface area (Å²) >= 11 is 0. The monoisotopic (exact) mass is 237 g/mol. The molecule has 0 saturated heterocycles. The van der Waals surface area contributed by atoms with Crippen molar-refractivity contribution in [2.75, 3.05) is 6.54 Å². The first kappa shape index (κ1) is 13.4. The second-order valence-electron chi connectivity index (χ2n) is 7.49. The molecular weight excluding hydrogens is 206 g/mol. The van der Waals surface area contributed by atoms with Gasteiger partial charge >= 0.3 is 0 Å². The molecule has 1 nitrogen and oxygen atoms in total. The van der Waals surface area contributed by atoms with Crippen molar-refractivity contribution >= 4 is 0 Å². The maximum Gasteiger partial charge on any atom is 0.00683 e. The molecule has 0 aromatic carbocycles. The molecule has 1 heteroatoms. The Kier molecular flexibility index (Phi) is 4.18. The predicted molar refractivity (Wildman–Crippen MR) is 75.1 cm³/mol. The average molecular weight is 237 g/mol. The minimum atomic E-state index is 0.516. The summed E-state index contributed by atoms with van der Waals surface area (Å²) in [6, 6.07) is 0.882. The van der Waals surface area contributed by atoms with E-state index in [-0.39, 0.29) is 0 Å². The van der Waals surface area contributed by atoms with Gasteiger partial charge < -0.3 is 5.32 Å². The lowest BCUT2D eigenvalue weighted by atomic mass is 9.65. The van der Waals surface area contributed by atoms with Crippen LogP contribution in [0.15, 0.2) is 0 Å². The van der Waals surface area contributed by atoms with E-state index in [1.165, 1.54) is 45.1 Å². The summed E-state index contributed by atoms with van der Waals surface area (Å²) in [6.07, 6.45) is 8.61. The molecule has 2 aliphatic rings. The number of hydrogen-bond acceptors (Lipinski definition) is 1. The molecule has 2 saturated carbocycles. The zero-order valence-electron chi connectivity index (χ0n) is 12.3. The third kappa shape index (κ3) is 3.71. The van der Waals surface area contributed by atoms with Crippen molar-refractivity contribution in [2.45, 2.75) is 72.3 Å². The van der Waals surface area contributed by atoms with Gasteiger partial charge in [-0.3, -0.25) is 0 Å².